The van der Waals surface area contributed by atoms with Gasteiger partial charge in [-0.3, -0.25) is 0 Å². The number of likely N-dealkylation sites (tertiary alicyclic amines) is 1. The van der Waals surface area contributed by atoms with Crippen molar-refractivity contribution in [3.05, 3.63) is 29.8 Å². The molecule has 146 valence electrons. The Morgan fingerprint density at radius 3 is 2.46 bits per heavy atom. The SMILES string of the molecule is CNS(=O)(=O)c1cccc(C2(OC)C3CCC2CN(CCC(C)C)C3)c1. The van der Waals surface area contributed by atoms with Crippen LogP contribution in [0.1, 0.15) is 38.7 Å². The summed E-state index contributed by atoms with van der Waals surface area (Å²) in [6, 6.07) is 7.33. The summed E-state index contributed by atoms with van der Waals surface area (Å²) in [6.07, 6.45) is 3.49. The molecular formula is C20H32N2O3S. The molecule has 2 bridgehead atoms. The standard InChI is InChI=1S/C20H32N2O3S/c1-15(2)10-11-22-13-17-8-9-18(14-22)20(17,25-4)16-6-5-7-19(12-16)26(23,24)21-3/h5-7,12,15,17-18,21H,8-11,13-14H2,1-4H3. The molecule has 1 aromatic carbocycles. The number of nitrogens with one attached hydrogen (secondary N) is 1. The van der Waals surface area contributed by atoms with E-state index < -0.39 is 10.0 Å². The average Bonchev–Trinajstić information content (AvgIpc) is 2.83. The van der Waals surface area contributed by atoms with Crippen LogP contribution in [-0.4, -0.2) is 47.1 Å². The third kappa shape index (κ3) is 3.44. The van der Waals surface area contributed by atoms with Crippen LogP contribution in [0.3, 0.4) is 0 Å². The van der Waals surface area contributed by atoms with Gasteiger partial charge in [0.15, 0.2) is 0 Å². The second kappa shape index (κ2) is 7.58. The number of nitrogens with zero attached hydrogens (tertiary/aromatic N) is 1. The van der Waals surface area contributed by atoms with E-state index in [9.17, 15) is 8.42 Å². The Kier molecular flexibility index (Phi) is 5.78. The molecule has 2 fully saturated rings. The second-order valence-electron chi connectivity index (χ2n) is 8.15. The zero-order valence-corrected chi connectivity index (χ0v) is 17.2. The van der Waals surface area contributed by atoms with Crippen molar-refractivity contribution < 1.29 is 13.2 Å². The van der Waals surface area contributed by atoms with Gasteiger partial charge >= 0.3 is 0 Å². The van der Waals surface area contributed by atoms with E-state index in [1.54, 1.807) is 13.2 Å². The van der Waals surface area contributed by atoms with E-state index in [1.807, 2.05) is 18.2 Å². The largest absolute Gasteiger partial charge is 0.373 e. The lowest BCUT2D eigenvalue weighted by atomic mass is 9.75. The fourth-order valence-electron chi connectivity index (χ4n) is 4.89. The topological polar surface area (TPSA) is 58.6 Å². The molecule has 3 rings (SSSR count). The molecule has 5 nitrogen and oxygen atoms in total. The molecule has 0 radical (unpaired) electrons. The van der Waals surface area contributed by atoms with Crippen molar-refractivity contribution in [2.75, 3.05) is 33.8 Å². The van der Waals surface area contributed by atoms with E-state index in [0.29, 0.717) is 22.6 Å². The Morgan fingerprint density at radius 2 is 1.92 bits per heavy atom. The van der Waals surface area contributed by atoms with E-state index in [0.717, 1.165) is 38.0 Å². The van der Waals surface area contributed by atoms with Gasteiger partial charge in [0.25, 0.3) is 0 Å². The first-order valence-corrected chi connectivity index (χ1v) is 11.1. The molecule has 0 amide bonds. The lowest BCUT2D eigenvalue weighted by molar-refractivity contribution is -0.119. The highest BCUT2D eigenvalue weighted by Crippen LogP contribution is 2.53. The van der Waals surface area contributed by atoms with Crippen molar-refractivity contribution in [1.82, 2.24) is 9.62 Å². The molecular weight excluding hydrogens is 348 g/mol. The Labute approximate surface area is 158 Å². The number of hydrogen-bond donors (Lipinski definition) is 1. The van der Waals surface area contributed by atoms with E-state index in [-0.39, 0.29) is 5.60 Å². The highest BCUT2D eigenvalue weighted by Gasteiger charge is 2.55. The van der Waals surface area contributed by atoms with E-state index >= 15 is 0 Å². The van der Waals surface area contributed by atoms with Gasteiger partial charge in [-0.15, -0.1) is 0 Å². The van der Waals surface area contributed by atoms with Crippen LogP contribution in [0.2, 0.25) is 0 Å². The molecule has 0 spiro atoms. The van der Waals surface area contributed by atoms with Crippen molar-refractivity contribution in [2.24, 2.45) is 17.8 Å². The molecule has 1 saturated carbocycles. The molecule has 2 aliphatic rings. The summed E-state index contributed by atoms with van der Waals surface area (Å²) in [7, 11) is -0.218. The summed E-state index contributed by atoms with van der Waals surface area (Å²) in [5, 5.41) is 0. The molecule has 2 atom stereocenters. The number of piperidine rings is 1. The molecule has 1 aliphatic carbocycles. The predicted octanol–water partition coefficient (Wildman–Crippen LogP) is 2.82. The number of methoxy groups -OCH3 is 1. The van der Waals surface area contributed by atoms with E-state index in [2.05, 4.69) is 23.5 Å². The Balaban J connectivity index is 1.90. The minimum Gasteiger partial charge on any atom is -0.373 e. The molecule has 1 N–H and O–H groups in total. The van der Waals surface area contributed by atoms with Crippen LogP contribution in [-0.2, 0) is 20.4 Å². The summed E-state index contributed by atoms with van der Waals surface area (Å²) in [5.41, 5.74) is 0.639. The Morgan fingerprint density at radius 1 is 1.27 bits per heavy atom. The van der Waals surface area contributed by atoms with Gasteiger partial charge in [-0.2, -0.15) is 0 Å². The molecule has 26 heavy (non-hydrogen) atoms. The van der Waals surface area contributed by atoms with Gasteiger partial charge < -0.3 is 9.64 Å². The summed E-state index contributed by atoms with van der Waals surface area (Å²) in [5.74, 6) is 1.53. The normalized spacial score (nSPS) is 29.4. The number of fused-ring (bicyclic) bond motifs is 2. The van der Waals surface area contributed by atoms with Crippen LogP contribution >= 0.6 is 0 Å². The fourth-order valence-corrected chi connectivity index (χ4v) is 5.66. The molecule has 2 unspecified atom stereocenters. The number of benzene rings is 1. The van der Waals surface area contributed by atoms with Crippen molar-refractivity contribution >= 4 is 10.0 Å². The zero-order chi connectivity index (χ0) is 18.9. The first-order valence-electron chi connectivity index (χ1n) is 9.65. The molecule has 0 aromatic heterocycles. The third-order valence-corrected chi connectivity index (χ3v) is 7.67. The zero-order valence-electron chi connectivity index (χ0n) is 16.4. The van der Waals surface area contributed by atoms with Gasteiger partial charge in [-0.1, -0.05) is 26.0 Å². The van der Waals surface area contributed by atoms with E-state index in [4.69, 9.17) is 4.74 Å². The van der Waals surface area contributed by atoms with Crippen LogP contribution in [0.4, 0.5) is 0 Å². The summed E-state index contributed by atoms with van der Waals surface area (Å²) in [6.45, 7) is 7.73. The Bertz CT molecular complexity index is 718. The first-order chi connectivity index (χ1) is 12.3. The van der Waals surface area contributed by atoms with Crippen LogP contribution in [0, 0.1) is 17.8 Å². The minimum atomic E-state index is -3.45. The van der Waals surface area contributed by atoms with Gasteiger partial charge in [-0.25, -0.2) is 13.1 Å². The molecule has 1 heterocycles. The van der Waals surface area contributed by atoms with Crippen LogP contribution in [0.5, 0.6) is 0 Å². The van der Waals surface area contributed by atoms with Gasteiger partial charge in [0.2, 0.25) is 10.0 Å². The van der Waals surface area contributed by atoms with Crippen molar-refractivity contribution in [2.45, 2.75) is 43.6 Å². The molecule has 6 heteroatoms. The highest BCUT2D eigenvalue weighted by molar-refractivity contribution is 7.89. The maximum atomic E-state index is 12.2. The van der Waals surface area contributed by atoms with Crippen LogP contribution < -0.4 is 4.72 Å². The number of ether oxygens (including phenoxy) is 1. The molecule has 1 aromatic rings. The van der Waals surface area contributed by atoms with Gasteiger partial charge in [0.05, 0.1) is 4.90 Å². The molecule has 1 saturated heterocycles. The molecule has 1 aliphatic heterocycles. The third-order valence-electron chi connectivity index (χ3n) is 6.26. The lowest BCUT2D eigenvalue weighted by Gasteiger charge is -2.47. The number of sulfonamides is 1. The minimum absolute atomic E-state index is 0.315. The monoisotopic (exact) mass is 380 g/mol. The van der Waals surface area contributed by atoms with Gasteiger partial charge in [0.1, 0.15) is 5.60 Å². The fraction of sp³-hybridized carbons (Fsp3) is 0.700. The van der Waals surface area contributed by atoms with Crippen LogP contribution in [0.25, 0.3) is 0 Å². The quantitative estimate of drug-likeness (QED) is 0.790. The van der Waals surface area contributed by atoms with Crippen molar-refractivity contribution in [1.29, 1.82) is 0 Å². The first kappa shape index (κ1) is 19.8. The van der Waals surface area contributed by atoms with E-state index in [1.165, 1.54) is 13.5 Å². The van der Waals surface area contributed by atoms with Gasteiger partial charge in [0, 0.05) is 32.0 Å². The van der Waals surface area contributed by atoms with Crippen molar-refractivity contribution in [3.8, 4) is 0 Å². The second-order valence-corrected chi connectivity index (χ2v) is 10.0. The maximum Gasteiger partial charge on any atom is 0.240 e. The summed E-state index contributed by atoms with van der Waals surface area (Å²) < 4.78 is 33.1. The average molecular weight is 381 g/mol. The highest BCUT2D eigenvalue weighted by atomic mass is 32.2. The maximum absolute atomic E-state index is 12.2. The van der Waals surface area contributed by atoms with Gasteiger partial charge in [-0.05, 0) is 56.5 Å². The Hall–Kier alpha value is -0.950. The summed E-state index contributed by atoms with van der Waals surface area (Å²) in [4.78, 5) is 2.89. The number of rotatable bonds is 7. The lowest BCUT2D eigenvalue weighted by Crippen LogP contribution is -2.53. The smallest absolute Gasteiger partial charge is 0.240 e. The summed E-state index contributed by atoms with van der Waals surface area (Å²) >= 11 is 0. The number of hydrogen-bond acceptors (Lipinski definition) is 4. The predicted molar refractivity (Wildman–Crippen MR) is 103 cm³/mol. The van der Waals surface area contributed by atoms with Crippen LogP contribution in [0.15, 0.2) is 29.2 Å². The van der Waals surface area contributed by atoms with Crippen molar-refractivity contribution in [3.63, 3.8) is 0 Å².